The minimum Gasteiger partial charge on any atom is -0.462 e. The van der Waals surface area contributed by atoms with Crippen molar-refractivity contribution in [1.29, 1.82) is 0 Å². The first-order valence-electron chi connectivity index (χ1n) is 24.9. The van der Waals surface area contributed by atoms with E-state index in [0.717, 1.165) is 89.9 Å². The maximum absolute atomic E-state index is 12.8. The maximum Gasteiger partial charge on any atom is 0.306 e. The molecule has 0 bridgehead atoms. The molecule has 350 valence electrons. The van der Waals surface area contributed by atoms with E-state index in [1.165, 1.54) is 64.2 Å². The normalized spacial score (nSPS) is 13.0. The Bertz CT molecular complexity index is 1310. The Morgan fingerprint density at radius 3 is 1.13 bits per heavy atom. The molecular formula is C56H90O6. The molecule has 0 aliphatic carbocycles. The molecule has 0 amide bonds. The highest BCUT2D eigenvalue weighted by Crippen LogP contribution is 2.12. The highest BCUT2D eigenvalue weighted by molar-refractivity contribution is 5.71. The lowest BCUT2D eigenvalue weighted by molar-refractivity contribution is -0.166. The van der Waals surface area contributed by atoms with E-state index >= 15 is 0 Å². The van der Waals surface area contributed by atoms with Gasteiger partial charge in [0.05, 0.1) is 0 Å². The van der Waals surface area contributed by atoms with Crippen molar-refractivity contribution in [3.05, 3.63) is 109 Å². The fourth-order valence-electron chi connectivity index (χ4n) is 6.33. The minimum absolute atomic E-state index is 0.130. The molecule has 0 fully saturated rings. The fourth-order valence-corrected chi connectivity index (χ4v) is 6.33. The summed E-state index contributed by atoms with van der Waals surface area (Å²) in [7, 11) is 0. The van der Waals surface area contributed by atoms with E-state index in [2.05, 4.69) is 124 Å². The van der Waals surface area contributed by atoms with Crippen LogP contribution in [0.3, 0.4) is 0 Å². The van der Waals surface area contributed by atoms with Gasteiger partial charge in [0.1, 0.15) is 13.2 Å². The van der Waals surface area contributed by atoms with Crippen molar-refractivity contribution < 1.29 is 28.6 Å². The molecule has 0 radical (unpaired) electrons. The first kappa shape index (κ1) is 58.1. The molecule has 0 spiro atoms. The first-order chi connectivity index (χ1) is 30.5. The monoisotopic (exact) mass is 859 g/mol. The molecule has 0 aromatic carbocycles. The number of unbranched alkanes of at least 4 members (excludes halogenated alkanes) is 14. The molecule has 0 rings (SSSR count). The Morgan fingerprint density at radius 1 is 0.339 bits per heavy atom. The topological polar surface area (TPSA) is 78.9 Å². The van der Waals surface area contributed by atoms with Gasteiger partial charge in [-0.25, -0.2) is 0 Å². The van der Waals surface area contributed by atoms with E-state index in [0.29, 0.717) is 19.3 Å². The summed E-state index contributed by atoms with van der Waals surface area (Å²) in [5, 5.41) is 0. The number of rotatable bonds is 43. The zero-order chi connectivity index (χ0) is 45.1. The van der Waals surface area contributed by atoms with Gasteiger partial charge in [-0.05, 0) is 103 Å². The number of hydrogen-bond acceptors (Lipinski definition) is 6. The quantitative estimate of drug-likeness (QED) is 0.0263. The molecule has 6 nitrogen and oxygen atoms in total. The van der Waals surface area contributed by atoms with Crippen molar-refractivity contribution in [2.75, 3.05) is 13.2 Å². The second-order valence-electron chi connectivity index (χ2n) is 16.0. The van der Waals surface area contributed by atoms with Crippen molar-refractivity contribution in [1.82, 2.24) is 0 Å². The van der Waals surface area contributed by atoms with Crippen molar-refractivity contribution in [2.45, 2.75) is 213 Å². The van der Waals surface area contributed by atoms with Crippen LogP contribution in [0.4, 0.5) is 0 Å². The minimum atomic E-state index is -0.828. The van der Waals surface area contributed by atoms with Gasteiger partial charge in [-0.1, -0.05) is 194 Å². The summed E-state index contributed by atoms with van der Waals surface area (Å²) in [6.45, 7) is 6.28. The molecule has 0 aliphatic rings. The average molecular weight is 859 g/mol. The van der Waals surface area contributed by atoms with E-state index in [4.69, 9.17) is 14.2 Å². The van der Waals surface area contributed by atoms with E-state index < -0.39 is 6.10 Å². The van der Waals surface area contributed by atoms with Gasteiger partial charge in [0.15, 0.2) is 6.10 Å². The van der Waals surface area contributed by atoms with Gasteiger partial charge in [-0.15, -0.1) is 0 Å². The van der Waals surface area contributed by atoms with Crippen LogP contribution in [0.25, 0.3) is 0 Å². The van der Waals surface area contributed by atoms with Gasteiger partial charge in [0.25, 0.3) is 0 Å². The summed E-state index contributed by atoms with van der Waals surface area (Å²) in [6.07, 6.45) is 66.6. The molecule has 0 heterocycles. The summed E-state index contributed by atoms with van der Waals surface area (Å²) in [6, 6.07) is 0. The molecule has 1 atom stereocenters. The van der Waals surface area contributed by atoms with Crippen molar-refractivity contribution in [3.8, 4) is 0 Å². The predicted molar refractivity (Wildman–Crippen MR) is 265 cm³/mol. The van der Waals surface area contributed by atoms with Crippen LogP contribution >= 0.6 is 0 Å². The van der Waals surface area contributed by atoms with E-state index in [9.17, 15) is 14.4 Å². The third-order valence-electron chi connectivity index (χ3n) is 10.0. The van der Waals surface area contributed by atoms with Crippen LogP contribution in [0.5, 0.6) is 0 Å². The first-order valence-corrected chi connectivity index (χ1v) is 24.9. The SMILES string of the molecule is CC/C=C/C/C=C/C/C=C/C/C=C/C/C=C/CCCC(=O)OCC(COC(=O)CC/C=C/C/C=C/CCCCCCCC)OC(=O)CCCCCCCCC/C=C/C/C=C/CC. The van der Waals surface area contributed by atoms with E-state index in [1.54, 1.807) is 0 Å². The Kier molecular flexibility index (Phi) is 46.6. The van der Waals surface area contributed by atoms with Gasteiger partial charge in [-0.3, -0.25) is 14.4 Å². The smallest absolute Gasteiger partial charge is 0.306 e. The van der Waals surface area contributed by atoms with Crippen LogP contribution in [0, 0.1) is 0 Å². The van der Waals surface area contributed by atoms with Gasteiger partial charge in [0, 0.05) is 19.3 Å². The Balaban J connectivity index is 4.56. The van der Waals surface area contributed by atoms with Gasteiger partial charge < -0.3 is 14.2 Å². The largest absolute Gasteiger partial charge is 0.462 e. The summed E-state index contributed by atoms with van der Waals surface area (Å²) >= 11 is 0. The van der Waals surface area contributed by atoms with Crippen molar-refractivity contribution in [2.24, 2.45) is 0 Å². The average Bonchev–Trinajstić information content (AvgIpc) is 3.27. The maximum atomic E-state index is 12.8. The third kappa shape index (κ3) is 47.1. The molecular weight excluding hydrogens is 769 g/mol. The zero-order valence-electron chi connectivity index (χ0n) is 39.8. The van der Waals surface area contributed by atoms with Gasteiger partial charge >= 0.3 is 17.9 Å². The summed E-state index contributed by atoms with van der Waals surface area (Å²) in [5.74, 6) is -1.07. The second kappa shape index (κ2) is 49.7. The molecule has 0 aliphatic heterocycles. The van der Waals surface area contributed by atoms with Crippen LogP contribution in [0.1, 0.15) is 207 Å². The fraction of sp³-hybridized carbons (Fsp3) is 0.625. The molecule has 6 heteroatoms. The number of hydrogen-bond donors (Lipinski definition) is 0. The molecule has 0 N–H and O–H groups in total. The lowest BCUT2D eigenvalue weighted by Gasteiger charge is -2.18. The number of ether oxygens (including phenoxy) is 3. The predicted octanol–water partition coefficient (Wildman–Crippen LogP) is 16.4. The highest BCUT2D eigenvalue weighted by atomic mass is 16.6. The Labute approximate surface area is 380 Å². The van der Waals surface area contributed by atoms with Crippen LogP contribution in [-0.4, -0.2) is 37.2 Å². The number of allylic oxidation sites excluding steroid dienone is 18. The van der Waals surface area contributed by atoms with Gasteiger partial charge in [-0.2, -0.15) is 0 Å². The van der Waals surface area contributed by atoms with Crippen LogP contribution in [0.2, 0.25) is 0 Å². The molecule has 0 aromatic heterocycles. The molecule has 62 heavy (non-hydrogen) atoms. The third-order valence-corrected chi connectivity index (χ3v) is 10.0. The highest BCUT2D eigenvalue weighted by Gasteiger charge is 2.19. The lowest BCUT2D eigenvalue weighted by Crippen LogP contribution is -2.30. The van der Waals surface area contributed by atoms with Gasteiger partial charge in [0.2, 0.25) is 0 Å². The number of carbonyl (C=O) groups is 3. The Morgan fingerprint density at radius 2 is 0.677 bits per heavy atom. The second-order valence-corrected chi connectivity index (χ2v) is 16.0. The molecule has 0 saturated carbocycles. The van der Waals surface area contributed by atoms with Crippen molar-refractivity contribution in [3.63, 3.8) is 0 Å². The Hall–Kier alpha value is -3.93. The van der Waals surface area contributed by atoms with Crippen LogP contribution in [0.15, 0.2) is 109 Å². The summed E-state index contributed by atoms with van der Waals surface area (Å²) in [4.78, 5) is 37.9. The molecule has 0 saturated heterocycles. The standard InChI is InChI=1S/C56H90O6/c1-4-7-10-13-16-19-22-25-27-28-29-32-34-37-40-43-46-49-55(58)61-52-53(51-60-54(57)48-45-42-39-36-33-30-24-21-18-15-12-9-6-3)62-56(59)50-47-44-41-38-35-31-26-23-20-17-14-11-8-5-2/h7-8,10-11,16-17,19-20,25,27,29-30,32-33,37,39-40,42,53H,4-6,9,12-15,18,21-24,26,28,31,34-36,38,41,43-52H2,1-3H3/b10-7+,11-8+,19-16+,20-17+,27-25+,32-29+,33-30+,40-37+,42-39+. The number of esters is 3. The number of carbonyl (C=O) groups excluding carboxylic acids is 3. The lowest BCUT2D eigenvalue weighted by atomic mass is 10.1. The molecule has 0 aromatic rings. The summed E-state index contributed by atoms with van der Waals surface area (Å²) < 4.78 is 16.7. The van der Waals surface area contributed by atoms with Crippen LogP contribution < -0.4 is 0 Å². The zero-order valence-corrected chi connectivity index (χ0v) is 39.8. The van der Waals surface area contributed by atoms with E-state index in [1.807, 2.05) is 6.08 Å². The molecule has 1 unspecified atom stereocenters. The van der Waals surface area contributed by atoms with Crippen molar-refractivity contribution >= 4 is 17.9 Å². The summed E-state index contributed by atoms with van der Waals surface area (Å²) in [5.41, 5.74) is 0. The van der Waals surface area contributed by atoms with Crippen LogP contribution in [-0.2, 0) is 28.6 Å². The van der Waals surface area contributed by atoms with E-state index in [-0.39, 0.29) is 44.0 Å².